The second-order valence-corrected chi connectivity index (χ2v) is 6.55. The van der Waals surface area contributed by atoms with Gasteiger partial charge in [-0.15, -0.1) is 11.3 Å². The van der Waals surface area contributed by atoms with E-state index in [9.17, 15) is 13.6 Å². The first-order valence-corrected chi connectivity index (χ1v) is 8.34. The van der Waals surface area contributed by atoms with Crippen molar-refractivity contribution in [1.82, 2.24) is 9.97 Å². The van der Waals surface area contributed by atoms with E-state index in [1.165, 1.54) is 23.6 Å². The molecule has 2 heterocycles. The number of aliphatic hydroxyl groups is 1. The fourth-order valence-corrected chi connectivity index (χ4v) is 3.09. The van der Waals surface area contributed by atoms with Crippen LogP contribution in [0.15, 0.2) is 36.5 Å². The van der Waals surface area contributed by atoms with Gasteiger partial charge in [-0.2, -0.15) is 0 Å². The van der Waals surface area contributed by atoms with Gasteiger partial charge in [0.25, 0.3) is 5.91 Å². The molecule has 0 radical (unpaired) electrons. The van der Waals surface area contributed by atoms with Crippen LogP contribution in [0.5, 0.6) is 0 Å². The van der Waals surface area contributed by atoms with Crippen molar-refractivity contribution in [1.29, 1.82) is 0 Å². The molecule has 9 heteroatoms. The second kappa shape index (κ2) is 7.54. The van der Waals surface area contributed by atoms with E-state index in [1.807, 2.05) is 0 Å². The highest BCUT2D eigenvalue weighted by atomic mass is 32.1. The van der Waals surface area contributed by atoms with Crippen molar-refractivity contribution in [2.75, 3.05) is 10.6 Å². The van der Waals surface area contributed by atoms with E-state index < -0.39 is 17.5 Å². The molecule has 3 N–H and O–H groups in total. The van der Waals surface area contributed by atoms with E-state index in [2.05, 4.69) is 20.6 Å². The van der Waals surface area contributed by atoms with Gasteiger partial charge in [-0.05, 0) is 31.2 Å². The monoisotopic (exact) mass is 376 g/mol. The Labute approximate surface area is 151 Å². The number of benzene rings is 1. The van der Waals surface area contributed by atoms with Gasteiger partial charge in [0.15, 0.2) is 5.69 Å². The van der Waals surface area contributed by atoms with Gasteiger partial charge in [0.1, 0.15) is 16.6 Å². The number of aryl methyl sites for hydroxylation is 1. The molecule has 0 atom stereocenters. The molecule has 0 unspecified atom stereocenters. The predicted molar refractivity (Wildman–Crippen MR) is 94.6 cm³/mol. The Morgan fingerprint density at radius 3 is 2.62 bits per heavy atom. The molecule has 1 aromatic carbocycles. The Balaban J connectivity index is 1.84. The molecule has 2 aromatic heterocycles. The molecule has 0 fully saturated rings. The van der Waals surface area contributed by atoms with Crippen LogP contribution < -0.4 is 10.6 Å². The first kappa shape index (κ1) is 17.9. The SMILES string of the molecule is Cc1nc(C(=O)Nc2ccnc(CO)c2)c(Nc2cc(F)cc(F)c2)s1. The van der Waals surface area contributed by atoms with Crippen molar-refractivity contribution in [3.8, 4) is 0 Å². The van der Waals surface area contributed by atoms with Gasteiger partial charge < -0.3 is 15.7 Å². The average Bonchev–Trinajstić information content (AvgIpc) is 2.94. The standard InChI is InChI=1S/C17H14F2N4O2S/c1-9-21-15(16(25)22-12-2-3-20-14(7-12)8-24)17(26-9)23-13-5-10(18)4-11(19)6-13/h2-7,23-24H,8H2,1H3,(H,20,22,25). The average molecular weight is 376 g/mol. The predicted octanol–water partition coefficient (Wildman–Crippen LogP) is 3.61. The lowest BCUT2D eigenvalue weighted by Crippen LogP contribution is -2.14. The molecule has 26 heavy (non-hydrogen) atoms. The van der Waals surface area contributed by atoms with E-state index in [4.69, 9.17) is 5.11 Å². The molecule has 0 aliphatic heterocycles. The first-order chi connectivity index (χ1) is 12.4. The van der Waals surface area contributed by atoms with E-state index in [0.717, 1.165) is 18.2 Å². The lowest BCUT2D eigenvalue weighted by atomic mass is 10.3. The highest BCUT2D eigenvalue weighted by Crippen LogP contribution is 2.29. The van der Waals surface area contributed by atoms with Gasteiger partial charge >= 0.3 is 0 Å². The molecule has 0 saturated heterocycles. The molecule has 0 bridgehead atoms. The quantitative estimate of drug-likeness (QED) is 0.633. The maximum Gasteiger partial charge on any atom is 0.277 e. The van der Waals surface area contributed by atoms with Crippen LogP contribution in [0.4, 0.5) is 25.2 Å². The van der Waals surface area contributed by atoms with Gasteiger partial charge in [-0.25, -0.2) is 13.8 Å². The van der Waals surface area contributed by atoms with Crippen LogP contribution >= 0.6 is 11.3 Å². The number of anilines is 3. The Morgan fingerprint density at radius 2 is 1.92 bits per heavy atom. The normalized spacial score (nSPS) is 10.6. The smallest absolute Gasteiger partial charge is 0.277 e. The molecule has 1 amide bonds. The molecule has 3 rings (SSSR count). The maximum absolute atomic E-state index is 13.4. The summed E-state index contributed by atoms with van der Waals surface area (Å²) < 4.78 is 26.7. The molecule has 0 spiro atoms. The van der Waals surface area contributed by atoms with Gasteiger partial charge in [-0.3, -0.25) is 9.78 Å². The number of amides is 1. The van der Waals surface area contributed by atoms with Crippen molar-refractivity contribution in [3.63, 3.8) is 0 Å². The molecule has 134 valence electrons. The van der Waals surface area contributed by atoms with Crippen LogP contribution in [0.1, 0.15) is 21.2 Å². The summed E-state index contributed by atoms with van der Waals surface area (Å²) in [6, 6.07) is 6.11. The third-order valence-corrected chi connectivity index (χ3v) is 4.19. The number of rotatable bonds is 5. The van der Waals surface area contributed by atoms with E-state index >= 15 is 0 Å². The number of aliphatic hydroxyl groups excluding tert-OH is 1. The Hall–Kier alpha value is -2.91. The third-order valence-electron chi connectivity index (χ3n) is 3.31. The molecule has 0 aliphatic rings. The van der Waals surface area contributed by atoms with E-state index in [1.54, 1.807) is 13.0 Å². The van der Waals surface area contributed by atoms with Crippen LogP contribution in [0.2, 0.25) is 0 Å². The van der Waals surface area contributed by atoms with Crippen LogP contribution in [0, 0.1) is 18.6 Å². The summed E-state index contributed by atoms with van der Waals surface area (Å²) in [5.41, 5.74) is 1.12. The van der Waals surface area contributed by atoms with Crippen molar-refractivity contribution in [2.24, 2.45) is 0 Å². The minimum atomic E-state index is -0.729. The molecule has 0 saturated carbocycles. The lowest BCUT2D eigenvalue weighted by molar-refractivity contribution is 0.102. The highest BCUT2D eigenvalue weighted by Gasteiger charge is 2.18. The number of pyridine rings is 1. The summed E-state index contributed by atoms with van der Waals surface area (Å²) in [7, 11) is 0. The zero-order valence-corrected chi connectivity index (χ0v) is 14.4. The third kappa shape index (κ3) is 4.19. The summed E-state index contributed by atoms with van der Waals surface area (Å²) in [6.45, 7) is 1.46. The number of nitrogens with one attached hydrogen (secondary N) is 2. The number of thiazole rings is 1. The van der Waals surface area contributed by atoms with Crippen molar-refractivity contribution >= 4 is 33.6 Å². The summed E-state index contributed by atoms with van der Waals surface area (Å²) in [5, 5.41) is 15.6. The number of hydrogen-bond donors (Lipinski definition) is 3. The van der Waals surface area contributed by atoms with Crippen LogP contribution in [-0.4, -0.2) is 21.0 Å². The summed E-state index contributed by atoms with van der Waals surface area (Å²) in [4.78, 5) is 20.6. The number of aromatic nitrogens is 2. The largest absolute Gasteiger partial charge is 0.390 e. The Bertz CT molecular complexity index is 941. The van der Waals surface area contributed by atoms with Gasteiger partial charge in [-0.1, -0.05) is 0 Å². The van der Waals surface area contributed by atoms with E-state index in [0.29, 0.717) is 21.4 Å². The fraction of sp³-hybridized carbons (Fsp3) is 0.118. The lowest BCUT2D eigenvalue weighted by Gasteiger charge is -2.08. The minimum absolute atomic E-state index is 0.0968. The zero-order chi connectivity index (χ0) is 18.7. The number of hydrogen-bond acceptors (Lipinski definition) is 6. The number of nitrogens with zero attached hydrogens (tertiary/aromatic N) is 2. The Kier molecular flexibility index (Phi) is 5.19. The molecule has 0 aliphatic carbocycles. The zero-order valence-electron chi connectivity index (χ0n) is 13.6. The number of halogens is 2. The first-order valence-electron chi connectivity index (χ1n) is 7.52. The van der Waals surface area contributed by atoms with Gasteiger partial charge in [0.05, 0.1) is 17.3 Å². The van der Waals surface area contributed by atoms with Crippen molar-refractivity contribution in [3.05, 3.63) is 64.6 Å². The highest BCUT2D eigenvalue weighted by molar-refractivity contribution is 7.16. The van der Waals surface area contributed by atoms with Crippen LogP contribution in [0.3, 0.4) is 0 Å². The van der Waals surface area contributed by atoms with Crippen molar-refractivity contribution in [2.45, 2.75) is 13.5 Å². The van der Waals surface area contributed by atoms with Gasteiger partial charge in [0.2, 0.25) is 0 Å². The molecular weight excluding hydrogens is 362 g/mol. The van der Waals surface area contributed by atoms with Crippen LogP contribution in [-0.2, 0) is 6.61 Å². The maximum atomic E-state index is 13.4. The molecular formula is C17H14F2N4O2S. The van der Waals surface area contributed by atoms with E-state index in [-0.39, 0.29) is 18.0 Å². The van der Waals surface area contributed by atoms with Crippen LogP contribution in [0.25, 0.3) is 0 Å². The second-order valence-electron chi connectivity index (χ2n) is 5.34. The topological polar surface area (TPSA) is 87.1 Å². The van der Waals surface area contributed by atoms with Gasteiger partial charge in [0, 0.05) is 23.6 Å². The Morgan fingerprint density at radius 1 is 1.19 bits per heavy atom. The minimum Gasteiger partial charge on any atom is -0.390 e. The van der Waals surface area contributed by atoms with Crippen molar-refractivity contribution < 1.29 is 18.7 Å². The number of carbonyl (C=O) groups excluding carboxylic acids is 1. The summed E-state index contributed by atoms with van der Waals surface area (Å²) >= 11 is 1.19. The summed E-state index contributed by atoms with van der Waals surface area (Å²) in [6.07, 6.45) is 1.46. The molecule has 6 nitrogen and oxygen atoms in total. The summed E-state index contributed by atoms with van der Waals surface area (Å²) in [5.74, 6) is -1.95. The molecule has 3 aromatic rings. The number of carbonyl (C=O) groups is 1. The fourth-order valence-electron chi connectivity index (χ4n) is 2.26.